The SMILES string of the molecule is NC(=O)CC[C@@H](NC(=O)NCC(C1CC1)C1CC1)C(=O)O. The van der Waals surface area contributed by atoms with Gasteiger partial charge in [0, 0.05) is 13.0 Å². The van der Waals surface area contributed by atoms with E-state index in [0.29, 0.717) is 12.5 Å². The minimum Gasteiger partial charge on any atom is -0.480 e. The molecule has 0 saturated heterocycles. The smallest absolute Gasteiger partial charge is 0.326 e. The summed E-state index contributed by atoms with van der Waals surface area (Å²) in [7, 11) is 0. The summed E-state index contributed by atoms with van der Waals surface area (Å²) in [6.45, 7) is 0.601. The Balaban J connectivity index is 1.73. The largest absolute Gasteiger partial charge is 0.480 e. The zero-order valence-corrected chi connectivity index (χ0v) is 12.0. The lowest BCUT2D eigenvalue weighted by molar-refractivity contribution is -0.139. The molecule has 2 fully saturated rings. The Morgan fingerprint density at radius 2 is 1.71 bits per heavy atom. The number of amides is 3. The van der Waals surface area contributed by atoms with Crippen LogP contribution in [0.25, 0.3) is 0 Å². The van der Waals surface area contributed by atoms with Gasteiger partial charge < -0.3 is 21.5 Å². The van der Waals surface area contributed by atoms with E-state index in [1.807, 2.05) is 0 Å². The summed E-state index contributed by atoms with van der Waals surface area (Å²) in [6.07, 6.45) is 4.89. The highest BCUT2D eigenvalue weighted by atomic mass is 16.4. The number of carboxylic acids is 1. The van der Waals surface area contributed by atoms with Gasteiger partial charge in [-0.15, -0.1) is 0 Å². The molecule has 0 aromatic heterocycles. The van der Waals surface area contributed by atoms with Crippen molar-refractivity contribution in [2.75, 3.05) is 6.54 Å². The van der Waals surface area contributed by atoms with E-state index in [1.165, 1.54) is 25.7 Å². The molecule has 0 aromatic carbocycles. The number of rotatable bonds is 9. The lowest BCUT2D eigenvalue weighted by Gasteiger charge is -2.18. The van der Waals surface area contributed by atoms with Crippen LogP contribution in [-0.2, 0) is 9.59 Å². The number of nitrogens with one attached hydrogen (secondary N) is 2. The first-order valence-electron chi connectivity index (χ1n) is 7.53. The third kappa shape index (κ3) is 5.24. The predicted octanol–water partition coefficient (Wildman–Crippen LogP) is 0.440. The second-order valence-corrected chi connectivity index (χ2v) is 6.09. The first kappa shape index (κ1) is 15.6. The second kappa shape index (κ2) is 6.78. The number of carbonyl (C=O) groups is 3. The number of aliphatic carboxylic acids is 1. The van der Waals surface area contributed by atoms with Crippen molar-refractivity contribution in [1.82, 2.24) is 10.6 Å². The average Bonchev–Trinajstić information content (AvgIpc) is 3.25. The fraction of sp³-hybridized carbons (Fsp3) is 0.786. The van der Waals surface area contributed by atoms with Crippen molar-refractivity contribution in [2.24, 2.45) is 23.5 Å². The summed E-state index contributed by atoms with van der Waals surface area (Å²) in [4.78, 5) is 33.5. The van der Waals surface area contributed by atoms with E-state index in [0.717, 1.165) is 11.8 Å². The Morgan fingerprint density at radius 3 is 2.14 bits per heavy atom. The molecule has 0 spiro atoms. The molecule has 0 unspecified atom stereocenters. The minimum absolute atomic E-state index is 0.00671. The minimum atomic E-state index is -1.16. The number of hydrogen-bond acceptors (Lipinski definition) is 3. The van der Waals surface area contributed by atoms with Crippen molar-refractivity contribution in [3.05, 3.63) is 0 Å². The molecule has 2 saturated carbocycles. The normalized spacial score (nSPS) is 19.1. The third-order valence-electron chi connectivity index (χ3n) is 4.24. The lowest BCUT2D eigenvalue weighted by atomic mass is 9.98. The quantitative estimate of drug-likeness (QED) is 0.493. The van der Waals surface area contributed by atoms with E-state index in [-0.39, 0.29) is 12.8 Å². The van der Waals surface area contributed by atoms with Crippen molar-refractivity contribution in [1.29, 1.82) is 0 Å². The number of primary amides is 1. The first-order valence-corrected chi connectivity index (χ1v) is 7.53. The van der Waals surface area contributed by atoms with Gasteiger partial charge in [-0.05, 0) is 49.9 Å². The molecule has 0 aliphatic heterocycles. The van der Waals surface area contributed by atoms with E-state index in [2.05, 4.69) is 10.6 Å². The number of hydrogen-bond donors (Lipinski definition) is 4. The maximum absolute atomic E-state index is 11.8. The van der Waals surface area contributed by atoms with E-state index < -0.39 is 23.9 Å². The van der Waals surface area contributed by atoms with Crippen molar-refractivity contribution in [3.8, 4) is 0 Å². The Bertz CT molecular complexity index is 406. The van der Waals surface area contributed by atoms with Gasteiger partial charge in [0.2, 0.25) is 5.91 Å². The molecule has 21 heavy (non-hydrogen) atoms. The van der Waals surface area contributed by atoms with Crippen LogP contribution in [0.15, 0.2) is 0 Å². The third-order valence-corrected chi connectivity index (χ3v) is 4.24. The van der Waals surface area contributed by atoms with E-state index in [4.69, 9.17) is 10.8 Å². The molecule has 5 N–H and O–H groups in total. The summed E-state index contributed by atoms with van der Waals surface area (Å²) < 4.78 is 0. The molecule has 0 heterocycles. The van der Waals surface area contributed by atoms with Crippen LogP contribution in [0.1, 0.15) is 38.5 Å². The van der Waals surface area contributed by atoms with Gasteiger partial charge in [-0.3, -0.25) is 4.79 Å². The van der Waals surface area contributed by atoms with Gasteiger partial charge in [0.05, 0.1) is 0 Å². The molecule has 2 aliphatic carbocycles. The molecular formula is C14H23N3O4. The van der Waals surface area contributed by atoms with Gasteiger partial charge in [-0.1, -0.05) is 0 Å². The molecule has 118 valence electrons. The van der Waals surface area contributed by atoms with Crippen molar-refractivity contribution in [3.63, 3.8) is 0 Å². The maximum atomic E-state index is 11.8. The summed E-state index contributed by atoms with van der Waals surface area (Å²) in [6, 6.07) is -1.57. The Labute approximate surface area is 123 Å². The van der Waals surface area contributed by atoms with Gasteiger partial charge in [-0.25, -0.2) is 9.59 Å². The monoisotopic (exact) mass is 297 g/mol. The van der Waals surface area contributed by atoms with Gasteiger partial charge in [-0.2, -0.15) is 0 Å². The number of carbonyl (C=O) groups excluding carboxylic acids is 2. The highest BCUT2D eigenvalue weighted by molar-refractivity contribution is 5.83. The first-order chi connectivity index (χ1) is 9.97. The maximum Gasteiger partial charge on any atom is 0.326 e. The summed E-state index contributed by atoms with van der Waals surface area (Å²) in [5, 5.41) is 14.2. The molecule has 0 radical (unpaired) electrons. The van der Waals surface area contributed by atoms with E-state index in [1.54, 1.807) is 0 Å². The number of urea groups is 1. The Hall–Kier alpha value is -1.79. The Morgan fingerprint density at radius 1 is 1.14 bits per heavy atom. The lowest BCUT2D eigenvalue weighted by Crippen LogP contribution is -2.47. The van der Waals surface area contributed by atoms with Gasteiger partial charge in [0.15, 0.2) is 0 Å². The topological polar surface area (TPSA) is 122 Å². The summed E-state index contributed by atoms with van der Waals surface area (Å²) >= 11 is 0. The predicted molar refractivity (Wildman–Crippen MR) is 75.3 cm³/mol. The molecule has 1 atom stereocenters. The fourth-order valence-electron chi connectivity index (χ4n) is 2.73. The van der Waals surface area contributed by atoms with Crippen molar-refractivity contribution >= 4 is 17.9 Å². The van der Waals surface area contributed by atoms with Crippen molar-refractivity contribution in [2.45, 2.75) is 44.6 Å². The van der Waals surface area contributed by atoms with Crippen LogP contribution in [0, 0.1) is 17.8 Å². The summed E-state index contributed by atoms with van der Waals surface area (Å²) in [5.41, 5.74) is 4.99. The van der Waals surface area contributed by atoms with E-state index in [9.17, 15) is 14.4 Å². The molecule has 7 nitrogen and oxygen atoms in total. The average molecular weight is 297 g/mol. The molecule has 0 aromatic rings. The molecule has 2 aliphatic rings. The number of nitrogens with two attached hydrogens (primary N) is 1. The standard InChI is InChI=1S/C14H23N3O4/c15-12(18)6-5-11(13(19)20)17-14(21)16-7-10(8-1-2-8)9-3-4-9/h8-11H,1-7H2,(H2,15,18)(H,19,20)(H2,16,17,21)/t11-/m1/s1. The highest BCUT2D eigenvalue weighted by Crippen LogP contribution is 2.48. The van der Waals surface area contributed by atoms with E-state index >= 15 is 0 Å². The molecule has 3 amide bonds. The van der Waals surface area contributed by atoms with Crippen LogP contribution in [0.3, 0.4) is 0 Å². The zero-order valence-electron chi connectivity index (χ0n) is 12.0. The van der Waals surface area contributed by atoms with Crippen LogP contribution < -0.4 is 16.4 Å². The van der Waals surface area contributed by atoms with Gasteiger partial charge in [0.25, 0.3) is 0 Å². The molecule has 2 rings (SSSR count). The summed E-state index contributed by atoms with van der Waals surface area (Å²) in [5.74, 6) is 0.244. The fourth-order valence-corrected chi connectivity index (χ4v) is 2.73. The molecule has 7 heteroatoms. The van der Waals surface area contributed by atoms with Crippen molar-refractivity contribution < 1.29 is 19.5 Å². The molecular weight excluding hydrogens is 274 g/mol. The zero-order chi connectivity index (χ0) is 15.4. The number of carboxylic acid groups (broad SMARTS) is 1. The highest BCUT2D eigenvalue weighted by Gasteiger charge is 2.41. The Kier molecular flexibility index (Phi) is 5.03. The van der Waals surface area contributed by atoms with Crippen LogP contribution in [-0.4, -0.2) is 35.6 Å². The van der Waals surface area contributed by atoms with Crippen LogP contribution >= 0.6 is 0 Å². The van der Waals surface area contributed by atoms with Crippen LogP contribution in [0.2, 0.25) is 0 Å². The van der Waals surface area contributed by atoms with Gasteiger partial charge >= 0.3 is 12.0 Å². The van der Waals surface area contributed by atoms with Crippen LogP contribution in [0.4, 0.5) is 4.79 Å². The molecule has 0 bridgehead atoms. The second-order valence-electron chi connectivity index (χ2n) is 6.09. The van der Waals surface area contributed by atoms with Gasteiger partial charge in [0.1, 0.15) is 6.04 Å². The van der Waals surface area contributed by atoms with Crippen LogP contribution in [0.5, 0.6) is 0 Å².